The van der Waals surface area contributed by atoms with Gasteiger partial charge in [-0.1, -0.05) is 35.3 Å². The van der Waals surface area contributed by atoms with E-state index < -0.39 is 0 Å². The Morgan fingerprint density at radius 3 is 2.59 bits per heavy atom. The lowest BCUT2D eigenvalue weighted by molar-refractivity contribution is 0.0637. The molecule has 2 aliphatic rings. The monoisotopic (exact) mass is 498 g/mol. The van der Waals surface area contributed by atoms with Gasteiger partial charge in [0.05, 0.1) is 35.9 Å². The van der Waals surface area contributed by atoms with Crippen LogP contribution in [0.1, 0.15) is 44.6 Å². The number of rotatable bonds is 4. The van der Waals surface area contributed by atoms with Crippen LogP contribution in [0.25, 0.3) is 0 Å². The Hall–Kier alpha value is -3.03. The summed E-state index contributed by atoms with van der Waals surface area (Å²) >= 11 is 12.2. The number of amides is 2. The number of hydrogen-bond acceptors (Lipinski definition) is 4. The largest absolute Gasteiger partial charge is 0.497 e. The van der Waals surface area contributed by atoms with Gasteiger partial charge in [-0.3, -0.25) is 14.3 Å². The molecule has 2 aliphatic heterocycles. The van der Waals surface area contributed by atoms with Crippen molar-refractivity contribution in [3.63, 3.8) is 0 Å². The Balaban J connectivity index is 1.40. The van der Waals surface area contributed by atoms with Gasteiger partial charge in [-0.15, -0.1) is 0 Å². The summed E-state index contributed by atoms with van der Waals surface area (Å²) in [5.41, 5.74) is 3.80. The van der Waals surface area contributed by atoms with Crippen molar-refractivity contribution in [2.24, 2.45) is 0 Å². The molecule has 7 nitrogen and oxygen atoms in total. The number of benzene rings is 2. The number of halogens is 2. The highest BCUT2D eigenvalue weighted by molar-refractivity contribution is 6.42. The maximum absolute atomic E-state index is 13.5. The first-order chi connectivity index (χ1) is 16.4. The van der Waals surface area contributed by atoms with Crippen molar-refractivity contribution in [3.05, 3.63) is 80.6 Å². The molecule has 0 fully saturated rings. The van der Waals surface area contributed by atoms with Crippen LogP contribution in [0, 0.1) is 0 Å². The fraction of sp³-hybridized carbons (Fsp3) is 0.320. The molecule has 0 saturated heterocycles. The van der Waals surface area contributed by atoms with Crippen molar-refractivity contribution < 1.29 is 14.3 Å². The minimum absolute atomic E-state index is 0.0584. The number of ether oxygens (including phenoxy) is 1. The van der Waals surface area contributed by atoms with E-state index in [0.29, 0.717) is 53.9 Å². The molecule has 3 heterocycles. The van der Waals surface area contributed by atoms with Gasteiger partial charge < -0.3 is 14.5 Å². The Bertz CT molecular complexity index is 1270. The molecule has 34 heavy (non-hydrogen) atoms. The minimum atomic E-state index is -0.144. The van der Waals surface area contributed by atoms with Crippen LogP contribution >= 0.6 is 23.2 Å². The van der Waals surface area contributed by atoms with Crippen LogP contribution in [0.2, 0.25) is 10.0 Å². The first-order valence-corrected chi connectivity index (χ1v) is 11.9. The van der Waals surface area contributed by atoms with E-state index in [1.807, 2.05) is 36.1 Å². The van der Waals surface area contributed by atoms with Crippen LogP contribution in [0.5, 0.6) is 5.75 Å². The van der Waals surface area contributed by atoms with Crippen molar-refractivity contribution in [2.45, 2.75) is 39.0 Å². The summed E-state index contributed by atoms with van der Waals surface area (Å²) in [7, 11) is 1.63. The van der Waals surface area contributed by atoms with Crippen LogP contribution in [0.15, 0.2) is 42.5 Å². The number of carbonyl (C=O) groups excluding carboxylic acids is 2. The van der Waals surface area contributed by atoms with E-state index in [1.54, 1.807) is 34.9 Å². The van der Waals surface area contributed by atoms with E-state index in [9.17, 15) is 9.59 Å². The molecule has 176 valence electrons. The van der Waals surface area contributed by atoms with Gasteiger partial charge >= 0.3 is 0 Å². The minimum Gasteiger partial charge on any atom is -0.497 e. The van der Waals surface area contributed by atoms with E-state index in [0.717, 1.165) is 22.6 Å². The summed E-state index contributed by atoms with van der Waals surface area (Å²) < 4.78 is 7.03. The van der Waals surface area contributed by atoms with Gasteiger partial charge in [0.15, 0.2) is 0 Å². The first-order valence-electron chi connectivity index (χ1n) is 11.1. The van der Waals surface area contributed by atoms with Crippen molar-refractivity contribution in [1.82, 2.24) is 19.6 Å². The lowest BCUT2D eigenvalue weighted by atomic mass is 9.97. The number of carbonyl (C=O) groups is 2. The molecular formula is C25H24Cl2N4O3. The van der Waals surface area contributed by atoms with Gasteiger partial charge in [-0.25, -0.2) is 0 Å². The lowest BCUT2D eigenvalue weighted by Crippen LogP contribution is -2.44. The average molecular weight is 499 g/mol. The summed E-state index contributed by atoms with van der Waals surface area (Å²) in [6.45, 7) is 4.03. The van der Waals surface area contributed by atoms with Gasteiger partial charge in [-0.2, -0.15) is 5.10 Å². The summed E-state index contributed by atoms with van der Waals surface area (Å²) in [5.74, 6) is 0.573. The Morgan fingerprint density at radius 2 is 1.88 bits per heavy atom. The molecule has 1 aromatic heterocycles. The fourth-order valence-electron chi connectivity index (χ4n) is 4.63. The molecule has 0 bridgehead atoms. The van der Waals surface area contributed by atoms with E-state index in [2.05, 4.69) is 0 Å². The molecule has 0 spiro atoms. The number of aromatic nitrogens is 2. The Labute approximate surface area is 207 Å². The smallest absolute Gasteiger partial charge is 0.272 e. The van der Waals surface area contributed by atoms with Crippen molar-refractivity contribution >= 4 is 35.0 Å². The standard InChI is InChI=1S/C25H24Cl2N4O3/c1-15-11-22-19(14-30(15)24(32)17-5-8-20(26)21(27)12-17)23-25(33)29(9-10-31(23)28-22)13-16-3-6-18(34-2)7-4-16/h3-8,12,15H,9-11,13-14H2,1-2H3/t15-/m1/s1. The molecular weight excluding hydrogens is 475 g/mol. The molecule has 5 rings (SSSR count). The normalized spacial score (nSPS) is 17.4. The van der Waals surface area contributed by atoms with Crippen LogP contribution < -0.4 is 4.74 Å². The summed E-state index contributed by atoms with van der Waals surface area (Å²) in [6.07, 6.45) is 0.591. The summed E-state index contributed by atoms with van der Waals surface area (Å²) in [5, 5.41) is 5.47. The lowest BCUT2D eigenvalue weighted by Gasteiger charge is -2.34. The molecule has 0 radical (unpaired) electrons. The van der Waals surface area contributed by atoms with Crippen LogP contribution in [0.3, 0.4) is 0 Å². The highest BCUT2D eigenvalue weighted by Gasteiger charge is 2.37. The molecule has 0 unspecified atom stereocenters. The SMILES string of the molecule is COc1ccc(CN2CCn3nc4c(c3C2=O)CN(C(=O)c2ccc(Cl)c(Cl)c2)[C@H](C)C4)cc1. The van der Waals surface area contributed by atoms with E-state index in [4.69, 9.17) is 33.0 Å². The summed E-state index contributed by atoms with van der Waals surface area (Å²) in [6, 6.07) is 12.5. The highest BCUT2D eigenvalue weighted by Crippen LogP contribution is 2.31. The van der Waals surface area contributed by atoms with Gasteiger partial charge in [0.2, 0.25) is 0 Å². The maximum atomic E-state index is 13.5. The predicted octanol–water partition coefficient (Wildman–Crippen LogP) is 4.44. The Morgan fingerprint density at radius 1 is 1.12 bits per heavy atom. The van der Waals surface area contributed by atoms with Crippen molar-refractivity contribution in [3.8, 4) is 5.75 Å². The fourth-order valence-corrected chi connectivity index (χ4v) is 4.93. The average Bonchev–Trinajstić information content (AvgIpc) is 3.20. The van der Waals surface area contributed by atoms with Gasteiger partial charge in [0.25, 0.3) is 11.8 Å². The second-order valence-electron chi connectivity index (χ2n) is 8.69. The van der Waals surface area contributed by atoms with Crippen LogP contribution in [0.4, 0.5) is 0 Å². The molecule has 0 aliphatic carbocycles. The second kappa shape index (κ2) is 8.96. The van der Waals surface area contributed by atoms with E-state index in [1.165, 1.54) is 0 Å². The molecule has 3 aromatic rings. The molecule has 9 heteroatoms. The molecule has 1 atom stereocenters. The summed E-state index contributed by atoms with van der Waals surface area (Å²) in [4.78, 5) is 30.4. The third-order valence-corrected chi connectivity index (χ3v) is 7.25. The van der Waals surface area contributed by atoms with E-state index in [-0.39, 0.29) is 17.9 Å². The zero-order chi connectivity index (χ0) is 24.0. The van der Waals surface area contributed by atoms with Crippen molar-refractivity contribution in [1.29, 1.82) is 0 Å². The third-order valence-electron chi connectivity index (χ3n) is 6.51. The molecule has 2 amide bonds. The second-order valence-corrected chi connectivity index (χ2v) is 9.50. The number of fused-ring (bicyclic) bond motifs is 3. The van der Waals surface area contributed by atoms with Gasteiger partial charge in [0.1, 0.15) is 11.4 Å². The Kier molecular flexibility index (Phi) is 6.00. The maximum Gasteiger partial charge on any atom is 0.272 e. The van der Waals surface area contributed by atoms with Crippen molar-refractivity contribution in [2.75, 3.05) is 13.7 Å². The van der Waals surface area contributed by atoms with Gasteiger partial charge in [-0.05, 0) is 42.8 Å². The quantitative estimate of drug-likeness (QED) is 0.533. The topological polar surface area (TPSA) is 67.7 Å². The number of hydrogen-bond donors (Lipinski definition) is 0. The predicted molar refractivity (Wildman–Crippen MR) is 129 cm³/mol. The zero-order valence-corrected chi connectivity index (χ0v) is 20.4. The zero-order valence-electron chi connectivity index (χ0n) is 18.9. The van der Waals surface area contributed by atoms with Crippen LogP contribution in [-0.4, -0.2) is 51.1 Å². The van der Waals surface area contributed by atoms with Crippen LogP contribution in [-0.2, 0) is 26.1 Å². The van der Waals surface area contributed by atoms with E-state index >= 15 is 0 Å². The number of nitrogens with zero attached hydrogens (tertiary/aromatic N) is 4. The molecule has 2 aromatic carbocycles. The highest BCUT2D eigenvalue weighted by atomic mass is 35.5. The third kappa shape index (κ3) is 4.03. The molecule has 0 N–H and O–H groups in total. The van der Waals surface area contributed by atoms with Gasteiger partial charge in [0, 0.05) is 36.7 Å². The molecule has 0 saturated carbocycles. The number of methoxy groups -OCH3 is 1. The first kappa shape index (κ1) is 22.7.